The number of carbonyl (C=O) groups excluding carboxylic acids is 1. The van der Waals surface area contributed by atoms with E-state index < -0.39 is 0 Å². The van der Waals surface area contributed by atoms with Crippen molar-refractivity contribution in [2.75, 3.05) is 6.54 Å². The van der Waals surface area contributed by atoms with Gasteiger partial charge in [0.1, 0.15) is 5.76 Å². The van der Waals surface area contributed by atoms with Crippen molar-refractivity contribution in [2.45, 2.75) is 13.5 Å². The van der Waals surface area contributed by atoms with Crippen molar-refractivity contribution in [2.24, 2.45) is 0 Å². The summed E-state index contributed by atoms with van der Waals surface area (Å²) in [6.07, 6.45) is 1.62. The van der Waals surface area contributed by atoms with Crippen LogP contribution in [0, 0.1) is 3.57 Å². The smallest absolute Gasteiger partial charge is 0.255 e. The van der Waals surface area contributed by atoms with Gasteiger partial charge in [-0.05, 0) is 59.8 Å². The number of benzene rings is 1. The lowest BCUT2D eigenvalue weighted by Gasteiger charge is -2.20. The molecule has 0 saturated heterocycles. The van der Waals surface area contributed by atoms with E-state index in [4.69, 9.17) is 4.42 Å². The van der Waals surface area contributed by atoms with E-state index in [0.29, 0.717) is 18.7 Å². The first-order valence-corrected chi connectivity index (χ1v) is 7.75. The molecule has 5 heteroatoms. The summed E-state index contributed by atoms with van der Waals surface area (Å²) >= 11 is 5.58. The molecule has 0 bridgehead atoms. The number of hydrogen-bond acceptors (Lipinski definition) is 2. The van der Waals surface area contributed by atoms with Crippen molar-refractivity contribution in [1.82, 2.24) is 4.90 Å². The van der Waals surface area contributed by atoms with E-state index in [2.05, 4.69) is 38.5 Å². The first-order chi connectivity index (χ1) is 9.11. The molecule has 19 heavy (non-hydrogen) atoms. The monoisotopic (exact) mass is 433 g/mol. The van der Waals surface area contributed by atoms with Gasteiger partial charge in [0.05, 0.1) is 18.4 Å². The standard InChI is InChI=1S/C14H13BrINO2/c1-2-17(9-11-4-3-7-19-11)14(18)12-8-10(15)5-6-13(12)16/h3-8H,2,9H2,1H3. The van der Waals surface area contributed by atoms with Gasteiger partial charge in [-0.2, -0.15) is 0 Å². The third-order valence-electron chi connectivity index (χ3n) is 2.75. The van der Waals surface area contributed by atoms with Crippen molar-refractivity contribution >= 4 is 44.4 Å². The van der Waals surface area contributed by atoms with Crippen molar-refractivity contribution in [3.8, 4) is 0 Å². The molecule has 0 spiro atoms. The topological polar surface area (TPSA) is 33.5 Å². The highest BCUT2D eigenvalue weighted by Crippen LogP contribution is 2.21. The van der Waals surface area contributed by atoms with E-state index in [-0.39, 0.29) is 5.91 Å². The molecule has 0 radical (unpaired) electrons. The van der Waals surface area contributed by atoms with Crippen LogP contribution >= 0.6 is 38.5 Å². The Balaban J connectivity index is 2.23. The predicted octanol–water partition coefficient (Wildman–Crippen LogP) is 4.31. The normalized spacial score (nSPS) is 10.5. The number of nitrogens with zero attached hydrogens (tertiary/aromatic N) is 1. The Morgan fingerprint density at radius 1 is 1.42 bits per heavy atom. The summed E-state index contributed by atoms with van der Waals surface area (Å²) < 4.78 is 7.16. The van der Waals surface area contributed by atoms with Crippen LogP contribution in [0.3, 0.4) is 0 Å². The van der Waals surface area contributed by atoms with Gasteiger partial charge in [0.15, 0.2) is 0 Å². The lowest BCUT2D eigenvalue weighted by Crippen LogP contribution is -2.30. The van der Waals surface area contributed by atoms with Gasteiger partial charge in [-0.1, -0.05) is 15.9 Å². The molecule has 2 rings (SSSR count). The van der Waals surface area contributed by atoms with E-state index in [1.807, 2.05) is 37.3 Å². The lowest BCUT2D eigenvalue weighted by atomic mass is 10.2. The molecule has 1 heterocycles. The van der Waals surface area contributed by atoms with E-state index in [1.54, 1.807) is 11.2 Å². The summed E-state index contributed by atoms with van der Waals surface area (Å²) in [5.74, 6) is 0.810. The average molecular weight is 434 g/mol. The average Bonchev–Trinajstić information content (AvgIpc) is 2.91. The first-order valence-electron chi connectivity index (χ1n) is 5.88. The third kappa shape index (κ3) is 3.60. The molecule has 0 saturated carbocycles. The SMILES string of the molecule is CCN(Cc1ccco1)C(=O)c1cc(Br)ccc1I. The summed E-state index contributed by atoms with van der Waals surface area (Å²) in [7, 11) is 0. The largest absolute Gasteiger partial charge is 0.467 e. The minimum atomic E-state index is 0.0181. The molecule has 0 fully saturated rings. The zero-order valence-electron chi connectivity index (χ0n) is 10.4. The van der Waals surface area contributed by atoms with Crippen LogP contribution in [0.2, 0.25) is 0 Å². The zero-order chi connectivity index (χ0) is 13.8. The highest BCUT2D eigenvalue weighted by atomic mass is 127. The second-order valence-electron chi connectivity index (χ2n) is 4.02. The molecule has 100 valence electrons. The maximum atomic E-state index is 12.5. The summed E-state index contributed by atoms with van der Waals surface area (Å²) in [6.45, 7) is 3.10. The number of amides is 1. The second-order valence-corrected chi connectivity index (χ2v) is 6.10. The Morgan fingerprint density at radius 2 is 2.21 bits per heavy atom. The highest BCUT2D eigenvalue weighted by molar-refractivity contribution is 14.1. The van der Waals surface area contributed by atoms with E-state index in [0.717, 1.165) is 13.8 Å². The zero-order valence-corrected chi connectivity index (χ0v) is 14.1. The van der Waals surface area contributed by atoms with Gasteiger partial charge in [0, 0.05) is 14.6 Å². The third-order valence-corrected chi connectivity index (χ3v) is 4.19. The predicted molar refractivity (Wildman–Crippen MR) is 86.0 cm³/mol. The van der Waals surface area contributed by atoms with E-state index >= 15 is 0 Å². The molecule has 0 aliphatic heterocycles. The fraction of sp³-hybridized carbons (Fsp3) is 0.214. The molecule has 0 unspecified atom stereocenters. The summed E-state index contributed by atoms with van der Waals surface area (Å²) in [5, 5.41) is 0. The van der Waals surface area contributed by atoms with Gasteiger partial charge in [-0.25, -0.2) is 0 Å². The number of furan rings is 1. The molecular formula is C14H13BrINO2. The van der Waals surface area contributed by atoms with E-state index in [9.17, 15) is 4.79 Å². The maximum absolute atomic E-state index is 12.5. The molecule has 0 aliphatic rings. The molecule has 1 amide bonds. The van der Waals surface area contributed by atoms with Crippen LogP contribution in [0.4, 0.5) is 0 Å². The van der Waals surface area contributed by atoms with E-state index in [1.165, 1.54) is 0 Å². The molecular weight excluding hydrogens is 421 g/mol. The van der Waals surface area contributed by atoms with Crippen molar-refractivity contribution in [3.05, 3.63) is 56.0 Å². The van der Waals surface area contributed by atoms with Crippen LogP contribution in [-0.4, -0.2) is 17.4 Å². The van der Waals surface area contributed by atoms with Crippen LogP contribution in [-0.2, 0) is 6.54 Å². The number of halogens is 2. The molecule has 1 aromatic heterocycles. The fourth-order valence-corrected chi connectivity index (χ4v) is 2.68. The van der Waals surface area contributed by atoms with Crippen LogP contribution < -0.4 is 0 Å². The van der Waals surface area contributed by atoms with Gasteiger partial charge in [-0.15, -0.1) is 0 Å². The maximum Gasteiger partial charge on any atom is 0.255 e. The molecule has 2 aromatic rings. The number of rotatable bonds is 4. The quantitative estimate of drug-likeness (QED) is 0.673. The molecule has 0 aliphatic carbocycles. The Bertz CT molecular complexity index is 569. The van der Waals surface area contributed by atoms with Crippen LogP contribution in [0.15, 0.2) is 45.5 Å². The van der Waals surface area contributed by atoms with Crippen molar-refractivity contribution < 1.29 is 9.21 Å². The van der Waals surface area contributed by atoms with Crippen LogP contribution in [0.5, 0.6) is 0 Å². The highest BCUT2D eigenvalue weighted by Gasteiger charge is 2.18. The molecule has 3 nitrogen and oxygen atoms in total. The minimum Gasteiger partial charge on any atom is -0.467 e. The number of carbonyl (C=O) groups is 1. The van der Waals surface area contributed by atoms with Gasteiger partial charge in [0.25, 0.3) is 5.91 Å². The summed E-state index contributed by atoms with van der Waals surface area (Å²) in [4.78, 5) is 14.3. The second kappa shape index (κ2) is 6.56. The minimum absolute atomic E-state index is 0.0181. The first kappa shape index (κ1) is 14.6. The summed E-state index contributed by atoms with van der Waals surface area (Å²) in [5.41, 5.74) is 0.711. The molecule has 0 atom stereocenters. The van der Waals surface area contributed by atoms with Gasteiger partial charge in [-0.3, -0.25) is 4.79 Å². The Kier molecular flexibility index (Phi) is 5.04. The lowest BCUT2D eigenvalue weighted by molar-refractivity contribution is 0.0740. The van der Waals surface area contributed by atoms with Crippen molar-refractivity contribution in [1.29, 1.82) is 0 Å². The molecule has 1 aromatic carbocycles. The Labute approximate surface area is 134 Å². The van der Waals surface area contributed by atoms with Crippen molar-refractivity contribution in [3.63, 3.8) is 0 Å². The Morgan fingerprint density at radius 3 is 2.84 bits per heavy atom. The summed E-state index contributed by atoms with van der Waals surface area (Å²) in [6, 6.07) is 9.42. The van der Waals surface area contributed by atoms with Gasteiger partial charge in [0.2, 0.25) is 0 Å². The van der Waals surface area contributed by atoms with Gasteiger partial charge < -0.3 is 9.32 Å². The van der Waals surface area contributed by atoms with Crippen LogP contribution in [0.1, 0.15) is 23.0 Å². The van der Waals surface area contributed by atoms with Gasteiger partial charge >= 0.3 is 0 Å². The fourth-order valence-electron chi connectivity index (χ4n) is 1.75. The molecule has 0 N–H and O–H groups in total. The Hall–Kier alpha value is -0.820. The number of hydrogen-bond donors (Lipinski definition) is 0. The van der Waals surface area contributed by atoms with Crippen LogP contribution in [0.25, 0.3) is 0 Å².